The minimum atomic E-state index is -0.859. The van der Waals surface area contributed by atoms with Crippen molar-refractivity contribution in [2.75, 3.05) is 0 Å². The maximum Gasteiger partial charge on any atom is 0.307 e. The molecule has 0 unspecified atom stereocenters. The Balaban J connectivity index is 2.35. The lowest BCUT2D eigenvalue weighted by Gasteiger charge is -2.14. The molecule has 0 radical (unpaired) electrons. The van der Waals surface area contributed by atoms with E-state index in [1.165, 1.54) is 0 Å². The van der Waals surface area contributed by atoms with Gasteiger partial charge in [0.25, 0.3) is 0 Å². The first kappa shape index (κ1) is 16.6. The Kier molecular flexibility index (Phi) is 4.74. The van der Waals surface area contributed by atoms with Crippen LogP contribution in [0, 0.1) is 13.8 Å². The summed E-state index contributed by atoms with van der Waals surface area (Å²) < 4.78 is 5.95. The predicted molar refractivity (Wildman–Crippen MR) is 90.1 cm³/mol. The molecule has 23 heavy (non-hydrogen) atoms. The van der Waals surface area contributed by atoms with E-state index in [1.54, 1.807) is 18.2 Å². The van der Waals surface area contributed by atoms with E-state index in [0.717, 1.165) is 22.3 Å². The van der Waals surface area contributed by atoms with Gasteiger partial charge in [-0.1, -0.05) is 18.7 Å². The van der Waals surface area contributed by atoms with Crippen molar-refractivity contribution >= 4 is 11.5 Å². The van der Waals surface area contributed by atoms with Crippen LogP contribution in [-0.4, -0.2) is 16.2 Å². The van der Waals surface area contributed by atoms with Crippen LogP contribution in [0.25, 0.3) is 5.57 Å². The first-order valence-corrected chi connectivity index (χ1v) is 7.26. The summed E-state index contributed by atoms with van der Waals surface area (Å²) in [6, 6.07) is 8.63. The molecule has 2 aromatic rings. The molecule has 0 amide bonds. The molecule has 120 valence electrons. The molecule has 0 aliphatic heterocycles. The molecule has 0 aliphatic carbocycles. The first-order chi connectivity index (χ1) is 10.8. The smallest absolute Gasteiger partial charge is 0.307 e. The second-order valence-corrected chi connectivity index (χ2v) is 5.69. The topological polar surface area (TPSA) is 66.8 Å². The third-order valence-electron chi connectivity index (χ3n) is 3.52. The van der Waals surface area contributed by atoms with E-state index < -0.39 is 5.97 Å². The molecule has 0 aromatic heterocycles. The number of hydrogen-bond donors (Lipinski definition) is 2. The van der Waals surface area contributed by atoms with Gasteiger partial charge in [0.15, 0.2) is 0 Å². The summed E-state index contributed by atoms with van der Waals surface area (Å²) in [6.07, 6.45) is -0.0129. The van der Waals surface area contributed by atoms with Gasteiger partial charge in [0, 0.05) is 5.56 Å². The van der Waals surface area contributed by atoms with Gasteiger partial charge in [0.05, 0.1) is 6.42 Å². The lowest BCUT2D eigenvalue weighted by molar-refractivity contribution is -0.136. The van der Waals surface area contributed by atoms with Crippen molar-refractivity contribution in [1.29, 1.82) is 0 Å². The maximum absolute atomic E-state index is 10.8. The lowest BCUT2D eigenvalue weighted by Crippen LogP contribution is -2.02. The summed E-state index contributed by atoms with van der Waals surface area (Å²) in [5.74, 6) is 0.590. The Hall–Kier alpha value is -2.75. The summed E-state index contributed by atoms with van der Waals surface area (Å²) in [4.78, 5) is 10.8. The number of carboxylic acids is 1. The molecule has 0 saturated heterocycles. The largest absolute Gasteiger partial charge is 0.507 e. The standard InChI is InChI=1S/C19H20O4/c1-11(2)16-10-15(5-6-17(16)20)23-19-12(3)7-14(8-13(19)4)9-18(21)22/h5-8,10,20H,1,9H2,2-4H3,(H,21,22). The van der Waals surface area contributed by atoms with Crippen LogP contribution in [0.3, 0.4) is 0 Å². The molecule has 2 aromatic carbocycles. The molecule has 0 aliphatic rings. The van der Waals surface area contributed by atoms with Gasteiger partial charge in [-0.3, -0.25) is 4.79 Å². The van der Waals surface area contributed by atoms with E-state index in [2.05, 4.69) is 6.58 Å². The van der Waals surface area contributed by atoms with Crippen LogP contribution in [-0.2, 0) is 11.2 Å². The van der Waals surface area contributed by atoms with E-state index in [-0.39, 0.29) is 12.2 Å². The van der Waals surface area contributed by atoms with Crippen LogP contribution >= 0.6 is 0 Å². The summed E-state index contributed by atoms with van der Waals surface area (Å²) in [5.41, 5.74) is 3.86. The number of phenols is 1. The number of aromatic hydroxyl groups is 1. The number of aryl methyl sites for hydroxylation is 2. The van der Waals surface area contributed by atoms with Crippen molar-refractivity contribution in [3.63, 3.8) is 0 Å². The Morgan fingerprint density at radius 2 is 1.78 bits per heavy atom. The third-order valence-corrected chi connectivity index (χ3v) is 3.52. The zero-order valence-electron chi connectivity index (χ0n) is 13.5. The van der Waals surface area contributed by atoms with Gasteiger partial charge in [-0.25, -0.2) is 0 Å². The molecule has 0 heterocycles. The van der Waals surface area contributed by atoms with Gasteiger partial charge in [-0.2, -0.15) is 0 Å². The Morgan fingerprint density at radius 1 is 1.17 bits per heavy atom. The molecular weight excluding hydrogens is 292 g/mol. The normalized spacial score (nSPS) is 10.4. The fraction of sp³-hybridized carbons (Fsp3) is 0.211. The zero-order valence-corrected chi connectivity index (χ0v) is 13.5. The van der Waals surface area contributed by atoms with Crippen molar-refractivity contribution < 1.29 is 19.7 Å². The van der Waals surface area contributed by atoms with Crippen molar-refractivity contribution in [1.82, 2.24) is 0 Å². The van der Waals surface area contributed by atoms with E-state index in [1.807, 2.05) is 32.9 Å². The number of carbonyl (C=O) groups is 1. The molecule has 4 nitrogen and oxygen atoms in total. The molecule has 4 heteroatoms. The molecule has 2 rings (SSSR count). The quantitative estimate of drug-likeness (QED) is 0.855. The number of aliphatic carboxylic acids is 1. The molecule has 0 saturated carbocycles. The third kappa shape index (κ3) is 3.92. The molecule has 2 N–H and O–H groups in total. The SMILES string of the molecule is C=C(C)c1cc(Oc2c(C)cc(CC(=O)O)cc2C)ccc1O. The lowest BCUT2D eigenvalue weighted by atomic mass is 10.0. The van der Waals surface area contributed by atoms with Crippen molar-refractivity contribution in [2.45, 2.75) is 27.2 Å². The fourth-order valence-corrected chi connectivity index (χ4v) is 2.52. The minimum absolute atomic E-state index is 0.0129. The number of hydrogen-bond acceptors (Lipinski definition) is 3. The van der Waals surface area contributed by atoms with Crippen molar-refractivity contribution in [3.8, 4) is 17.2 Å². The summed E-state index contributed by atoms with van der Waals surface area (Å²) in [7, 11) is 0. The van der Waals surface area contributed by atoms with Gasteiger partial charge in [-0.05, 0) is 61.2 Å². The number of benzene rings is 2. The van der Waals surface area contributed by atoms with Gasteiger partial charge < -0.3 is 14.9 Å². The Morgan fingerprint density at radius 3 is 2.30 bits per heavy atom. The molecule has 0 fully saturated rings. The van der Waals surface area contributed by atoms with Gasteiger partial charge >= 0.3 is 5.97 Å². The van der Waals surface area contributed by atoms with Gasteiger partial charge in [0.1, 0.15) is 17.2 Å². The summed E-state index contributed by atoms with van der Waals surface area (Å²) >= 11 is 0. The number of rotatable bonds is 5. The van der Waals surface area contributed by atoms with Gasteiger partial charge in [0.2, 0.25) is 0 Å². The van der Waals surface area contributed by atoms with Gasteiger partial charge in [-0.15, -0.1) is 0 Å². The highest BCUT2D eigenvalue weighted by molar-refractivity contribution is 5.71. The predicted octanol–water partition coefficient (Wildman–Crippen LogP) is 4.46. The highest BCUT2D eigenvalue weighted by atomic mass is 16.5. The van der Waals surface area contributed by atoms with Crippen LogP contribution in [0.15, 0.2) is 36.9 Å². The van der Waals surface area contributed by atoms with Crippen LogP contribution in [0.1, 0.15) is 29.2 Å². The van der Waals surface area contributed by atoms with Crippen LogP contribution < -0.4 is 4.74 Å². The van der Waals surface area contributed by atoms with Crippen LogP contribution in [0.2, 0.25) is 0 Å². The Bertz CT molecular complexity index is 752. The highest BCUT2D eigenvalue weighted by Gasteiger charge is 2.11. The number of phenolic OH excluding ortho intramolecular Hbond substituents is 1. The molecule has 0 atom stereocenters. The highest BCUT2D eigenvalue weighted by Crippen LogP contribution is 2.34. The second-order valence-electron chi connectivity index (χ2n) is 5.69. The zero-order chi connectivity index (χ0) is 17.1. The average molecular weight is 312 g/mol. The first-order valence-electron chi connectivity index (χ1n) is 7.26. The maximum atomic E-state index is 10.8. The second kappa shape index (κ2) is 6.57. The minimum Gasteiger partial charge on any atom is -0.507 e. The van der Waals surface area contributed by atoms with Crippen LogP contribution in [0.4, 0.5) is 0 Å². The molecular formula is C19H20O4. The van der Waals surface area contributed by atoms with E-state index >= 15 is 0 Å². The van der Waals surface area contributed by atoms with E-state index in [9.17, 15) is 9.90 Å². The molecule has 0 spiro atoms. The number of allylic oxidation sites excluding steroid dienone is 1. The number of carboxylic acid groups (broad SMARTS) is 1. The van der Waals surface area contributed by atoms with E-state index in [4.69, 9.17) is 9.84 Å². The van der Waals surface area contributed by atoms with Crippen molar-refractivity contribution in [2.24, 2.45) is 0 Å². The Labute approximate surface area is 135 Å². The molecule has 0 bridgehead atoms. The average Bonchev–Trinajstić information content (AvgIpc) is 2.43. The van der Waals surface area contributed by atoms with Crippen LogP contribution in [0.5, 0.6) is 17.2 Å². The number of ether oxygens (including phenoxy) is 1. The monoisotopic (exact) mass is 312 g/mol. The van der Waals surface area contributed by atoms with Crippen molar-refractivity contribution in [3.05, 3.63) is 59.2 Å². The summed E-state index contributed by atoms with van der Waals surface area (Å²) in [5, 5.41) is 18.7. The fourth-order valence-electron chi connectivity index (χ4n) is 2.52. The summed E-state index contributed by atoms with van der Waals surface area (Å²) in [6.45, 7) is 9.42. The van der Waals surface area contributed by atoms with E-state index in [0.29, 0.717) is 17.1 Å².